The van der Waals surface area contributed by atoms with Gasteiger partial charge in [0.1, 0.15) is 12.3 Å². The van der Waals surface area contributed by atoms with Gasteiger partial charge in [-0.3, -0.25) is 0 Å². The van der Waals surface area contributed by atoms with Crippen LogP contribution in [0, 0.1) is 13.8 Å². The zero-order valence-electron chi connectivity index (χ0n) is 12.3. The van der Waals surface area contributed by atoms with Crippen LogP contribution in [0.15, 0.2) is 42.6 Å². The van der Waals surface area contributed by atoms with Crippen LogP contribution in [0.2, 0.25) is 5.02 Å². The molecule has 1 aromatic carbocycles. The van der Waals surface area contributed by atoms with Gasteiger partial charge in [-0.25, -0.2) is 9.67 Å². The molecule has 22 heavy (non-hydrogen) atoms. The van der Waals surface area contributed by atoms with E-state index >= 15 is 0 Å². The molecule has 0 saturated carbocycles. The van der Waals surface area contributed by atoms with E-state index in [1.165, 1.54) is 0 Å². The fraction of sp³-hybridized carbons (Fsp3) is 0.188. The second-order valence-electron chi connectivity index (χ2n) is 4.97. The third kappa shape index (κ3) is 3.26. The molecule has 0 aliphatic carbocycles. The molecule has 0 atom stereocenters. The maximum Gasteiger partial charge on any atom is 0.213 e. The molecule has 2 heterocycles. The van der Waals surface area contributed by atoms with Crippen LogP contribution in [0.1, 0.15) is 17.0 Å². The van der Waals surface area contributed by atoms with Gasteiger partial charge in [0.2, 0.25) is 5.88 Å². The Bertz CT molecular complexity index is 783. The quantitative estimate of drug-likeness (QED) is 0.739. The molecule has 0 radical (unpaired) electrons. The molecule has 112 valence electrons. The van der Waals surface area contributed by atoms with Gasteiger partial charge in [-0.05, 0) is 43.7 Å². The molecule has 0 bridgehead atoms. The van der Waals surface area contributed by atoms with Crippen molar-refractivity contribution in [3.05, 3.63) is 64.6 Å². The van der Waals surface area contributed by atoms with Gasteiger partial charge in [-0.15, -0.1) is 5.10 Å². The maximum atomic E-state index is 5.87. The van der Waals surface area contributed by atoms with Crippen molar-refractivity contribution in [1.29, 1.82) is 0 Å². The Labute approximate surface area is 133 Å². The molecule has 0 spiro atoms. The average Bonchev–Trinajstić information content (AvgIpc) is 2.98. The van der Waals surface area contributed by atoms with Crippen molar-refractivity contribution >= 4 is 11.6 Å². The summed E-state index contributed by atoms with van der Waals surface area (Å²) in [5.74, 6) is 0.587. The Morgan fingerprint density at radius 1 is 1.09 bits per heavy atom. The molecule has 0 N–H and O–H groups in total. The molecule has 5 nitrogen and oxygen atoms in total. The van der Waals surface area contributed by atoms with Crippen LogP contribution < -0.4 is 4.74 Å². The Hall–Kier alpha value is -2.40. The molecule has 0 aliphatic rings. The number of aromatic nitrogens is 4. The predicted octanol–water partition coefficient (Wildman–Crippen LogP) is 3.51. The van der Waals surface area contributed by atoms with Gasteiger partial charge < -0.3 is 4.74 Å². The summed E-state index contributed by atoms with van der Waals surface area (Å²) in [6.07, 6.45) is 1.82. The number of hydrogen-bond donors (Lipinski definition) is 0. The SMILES string of the molecule is Cc1ccc(OCc2cn(-c3ccc(Cl)cc3)nn2)nc1C. The lowest BCUT2D eigenvalue weighted by molar-refractivity contribution is 0.288. The molecule has 0 aliphatic heterocycles. The smallest absolute Gasteiger partial charge is 0.213 e. The molecule has 3 rings (SSSR count). The van der Waals surface area contributed by atoms with E-state index in [2.05, 4.69) is 15.3 Å². The van der Waals surface area contributed by atoms with Crippen LogP contribution in [0.3, 0.4) is 0 Å². The largest absolute Gasteiger partial charge is 0.471 e. The fourth-order valence-corrected chi connectivity index (χ4v) is 2.05. The Morgan fingerprint density at radius 2 is 1.86 bits per heavy atom. The van der Waals surface area contributed by atoms with E-state index in [1.54, 1.807) is 4.68 Å². The van der Waals surface area contributed by atoms with Gasteiger partial charge in [-0.1, -0.05) is 22.9 Å². The molecule has 0 amide bonds. The van der Waals surface area contributed by atoms with Crippen molar-refractivity contribution in [2.24, 2.45) is 0 Å². The lowest BCUT2D eigenvalue weighted by Gasteiger charge is -2.05. The highest BCUT2D eigenvalue weighted by Crippen LogP contribution is 2.14. The van der Waals surface area contributed by atoms with E-state index in [0.717, 1.165) is 22.6 Å². The number of rotatable bonds is 4. The van der Waals surface area contributed by atoms with Gasteiger partial charge in [0.25, 0.3) is 0 Å². The molecule has 0 fully saturated rings. The summed E-state index contributed by atoms with van der Waals surface area (Å²) in [6.45, 7) is 4.30. The van der Waals surface area contributed by atoms with Crippen LogP contribution in [-0.4, -0.2) is 20.0 Å². The molecule has 3 aromatic rings. The number of ether oxygens (including phenoxy) is 1. The highest BCUT2D eigenvalue weighted by molar-refractivity contribution is 6.30. The lowest BCUT2D eigenvalue weighted by Crippen LogP contribution is -1.99. The molecule has 6 heteroatoms. The number of halogens is 1. The zero-order chi connectivity index (χ0) is 15.5. The minimum atomic E-state index is 0.323. The van der Waals surface area contributed by atoms with Crippen LogP contribution in [0.25, 0.3) is 5.69 Å². The molecule has 2 aromatic heterocycles. The second kappa shape index (κ2) is 6.15. The van der Waals surface area contributed by atoms with Gasteiger partial charge in [-0.2, -0.15) is 0 Å². The number of hydrogen-bond acceptors (Lipinski definition) is 4. The monoisotopic (exact) mass is 314 g/mol. The number of nitrogens with zero attached hydrogens (tertiary/aromatic N) is 4. The lowest BCUT2D eigenvalue weighted by atomic mass is 10.2. The number of benzene rings is 1. The van der Waals surface area contributed by atoms with Crippen molar-refractivity contribution in [3.8, 4) is 11.6 Å². The number of pyridine rings is 1. The first-order valence-corrected chi connectivity index (χ1v) is 7.24. The highest BCUT2D eigenvalue weighted by Gasteiger charge is 2.05. The fourth-order valence-electron chi connectivity index (χ4n) is 1.92. The Morgan fingerprint density at radius 3 is 2.59 bits per heavy atom. The van der Waals surface area contributed by atoms with Crippen LogP contribution >= 0.6 is 11.6 Å². The Balaban J connectivity index is 1.69. The van der Waals surface area contributed by atoms with Crippen LogP contribution in [-0.2, 0) is 6.61 Å². The summed E-state index contributed by atoms with van der Waals surface area (Å²) in [5, 5.41) is 8.87. The van der Waals surface area contributed by atoms with Crippen molar-refractivity contribution in [2.45, 2.75) is 20.5 Å². The summed E-state index contributed by atoms with van der Waals surface area (Å²) in [4.78, 5) is 4.37. The predicted molar refractivity (Wildman–Crippen MR) is 84.4 cm³/mol. The molecular formula is C16H15ClN4O. The van der Waals surface area contributed by atoms with Gasteiger partial charge in [0.05, 0.1) is 11.9 Å². The molecule has 0 unspecified atom stereocenters. The zero-order valence-corrected chi connectivity index (χ0v) is 13.1. The first kappa shape index (κ1) is 14.5. The molecule has 0 saturated heterocycles. The van der Waals surface area contributed by atoms with Crippen molar-refractivity contribution < 1.29 is 4.74 Å². The van der Waals surface area contributed by atoms with Gasteiger partial charge in [0, 0.05) is 16.8 Å². The minimum Gasteiger partial charge on any atom is -0.471 e. The van der Waals surface area contributed by atoms with Gasteiger partial charge >= 0.3 is 0 Å². The van der Waals surface area contributed by atoms with Crippen LogP contribution in [0.5, 0.6) is 5.88 Å². The van der Waals surface area contributed by atoms with E-state index in [1.807, 2.05) is 56.4 Å². The first-order chi connectivity index (χ1) is 10.6. The maximum absolute atomic E-state index is 5.87. The normalized spacial score (nSPS) is 10.7. The van der Waals surface area contributed by atoms with Crippen molar-refractivity contribution in [1.82, 2.24) is 20.0 Å². The Kier molecular flexibility index (Phi) is 4.06. The number of aryl methyl sites for hydroxylation is 2. The summed E-state index contributed by atoms with van der Waals surface area (Å²) >= 11 is 5.87. The van der Waals surface area contributed by atoms with E-state index in [-0.39, 0.29) is 0 Å². The highest BCUT2D eigenvalue weighted by atomic mass is 35.5. The topological polar surface area (TPSA) is 52.8 Å². The van der Waals surface area contributed by atoms with E-state index < -0.39 is 0 Å². The third-order valence-electron chi connectivity index (χ3n) is 3.32. The standard InChI is InChI=1S/C16H15ClN4O/c1-11-3-8-16(18-12(11)2)22-10-14-9-21(20-19-14)15-6-4-13(17)5-7-15/h3-9H,10H2,1-2H3. The second-order valence-corrected chi connectivity index (χ2v) is 5.41. The first-order valence-electron chi connectivity index (χ1n) is 6.86. The minimum absolute atomic E-state index is 0.323. The van der Waals surface area contributed by atoms with Crippen molar-refractivity contribution in [3.63, 3.8) is 0 Å². The summed E-state index contributed by atoms with van der Waals surface area (Å²) in [6, 6.07) is 11.2. The summed E-state index contributed by atoms with van der Waals surface area (Å²) in [7, 11) is 0. The van der Waals surface area contributed by atoms with Gasteiger partial charge in [0.15, 0.2) is 0 Å². The van der Waals surface area contributed by atoms with Crippen LogP contribution in [0.4, 0.5) is 0 Å². The van der Waals surface area contributed by atoms with E-state index in [9.17, 15) is 0 Å². The van der Waals surface area contributed by atoms with E-state index in [4.69, 9.17) is 16.3 Å². The van der Waals surface area contributed by atoms with E-state index in [0.29, 0.717) is 17.5 Å². The average molecular weight is 315 g/mol. The molecular weight excluding hydrogens is 300 g/mol. The summed E-state index contributed by atoms with van der Waals surface area (Å²) in [5.41, 5.74) is 3.73. The van der Waals surface area contributed by atoms with Crippen molar-refractivity contribution in [2.75, 3.05) is 0 Å². The third-order valence-corrected chi connectivity index (χ3v) is 3.58. The summed E-state index contributed by atoms with van der Waals surface area (Å²) < 4.78 is 7.33.